The van der Waals surface area contributed by atoms with Gasteiger partial charge in [0.2, 0.25) is 0 Å². The highest BCUT2D eigenvalue weighted by Crippen LogP contribution is 2.23. The van der Waals surface area contributed by atoms with Crippen LogP contribution in [0, 0.1) is 29.6 Å². The van der Waals surface area contributed by atoms with Crippen molar-refractivity contribution in [3.63, 3.8) is 0 Å². The van der Waals surface area contributed by atoms with Crippen molar-refractivity contribution in [3.05, 3.63) is 35.5 Å². The lowest BCUT2D eigenvalue weighted by Crippen LogP contribution is -1.90. The third-order valence-corrected chi connectivity index (χ3v) is 1.77. The zero-order chi connectivity index (χ0) is 11.3. The number of hydrogen-bond donors (Lipinski definition) is 2. The second-order valence-electron chi connectivity index (χ2n) is 2.95. The summed E-state index contributed by atoms with van der Waals surface area (Å²) in [6.45, 7) is 1.86. The van der Waals surface area contributed by atoms with Crippen LogP contribution < -0.4 is 5.32 Å². The van der Waals surface area contributed by atoms with E-state index in [4.69, 9.17) is 10.5 Å². The Kier molecular flexibility index (Phi) is 3.32. The Hall–Kier alpha value is -2.46. The SMILES string of the molecule is Cc1ccc(NC=C(C#N)C#N)c(O)c1. The molecule has 0 spiro atoms. The number of aryl methyl sites for hydroxylation is 1. The van der Waals surface area contributed by atoms with Gasteiger partial charge in [-0.3, -0.25) is 0 Å². The summed E-state index contributed by atoms with van der Waals surface area (Å²) in [4.78, 5) is 0. The number of phenolic OH excluding ortho intramolecular Hbond substituents is 1. The molecular formula is C11H9N3O. The first-order valence-electron chi connectivity index (χ1n) is 4.24. The maximum Gasteiger partial charge on any atom is 0.145 e. The summed E-state index contributed by atoms with van der Waals surface area (Å²) >= 11 is 0. The topological polar surface area (TPSA) is 79.8 Å². The van der Waals surface area contributed by atoms with Crippen LogP contribution >= 0.6 is 0 Å². The van der Waals surface area contributed by atoms with Crippen LogP contribution in [0.15, 0.2) is 30.0 Å². The van der Waals surface area contributed by atoms with Gasteiger partial charge in [-0.25, -0.2) is 0 Å². The molecule has 15 heavy (non-hydrogen) atoms. The number of phenols is 1. The van der Waals surface area contributed by atoms with Crippen molar-refractivity contribution < 1.29 is 5.11 Å². The maximum atomic E-state index is 9.49. The van der Waals surface area contributed by atoms with Crippen LogP contribution in [0.3, 0.4) is 0 Å². The van der Waals surface area contributed by atoms with Crippen molar-refractivity contribution >= 4 is 5.69 Å². The van der Waals surface area contributed by atoms with E-state index in [-0.39, 0.29) is 11.3 Å². The predicted octanol–water partition coefficient (Wildman–Crippen LogP) is 2.04. The first-order chi connectivity index (χ1) is 7.17. The lowest BCUT2D eigenvalue weighted by Gasteiger charge is -2.04. The molecule has 0 heterocycles. The molecule has 0 saturated carbocycles. The lowest BCUT2D eigenvalue weighted by atomic mass is 10.2. The highest BCUT2D eigenvalue weighted by atomic mass is 16.3. The van der Waals surface area contributed by atoms with Crippen molar-refractivity contribution in [2.75, 3.05) is 5.32 Å². The van der Waals surface area contributed by atoms with Crippen LogP contribution in [-0.4, -0.2) is 5.11 Å². The van der Waals surface area contributed by atoms with E-state index in [1.165, 1.54) is 6.20 Å². The van der Waals surface area contributed by atoms with Crippen molar-refractivity contribution in [1.82, 2.24) is 0 Å². The summed E-state index contributed by atoms with van der Waals surface area (Å²) in [6, 6.07) is 8.50. The zero-order valence-corrected chi connectivity index (χ0v) is 8.15. The van der Waals surface area contributed by atoms with Crippen LogP contribution in [0.25, 0.3) is 0 Å². The number of rotatable bonds is 2. The number of nitrogens with zero attached hydrogens (tertiary/aromatic N) is 2. The second-order valence-corrected chi connectivity index (χ2v) is 2.95. The van der Waals surface area contributed by atoms with E-state index in [0.717, 1.165) is 5.56 Å². The fourth-order valence-electron chi connectivity index (χ4n) is 1.00. The molecule has 4 heteroatoms. The molecule has 1 aromatic carbocycles. The minimum absolute atomic E-state index is 0.0463. The van der Waals surface area contributed by atoms with E-state index in [1.807, 2.05) is 13.0 Å². The van der Waals surface area contributed by atoms with Gasteiger partial charge >= 0.3 is 0 Å². The average molecular weight is 199 g/mol. The molecule has 0 fully saturated rings. The van der Waals surface area contributed by atoms with Crippen LogP contribution in [0.4, 0.5) is 5.69 Å². The fourth-order valence-corrected chi connectivity index (χ4v) is 1.00. The monoisotopic (exact) mass is 199 g/mol. The molecule has 1 rings (SSSR count). The molecule has 0 bridgehead atoms. The number of nitrogens with one attached hydrogen (secondary N) is 1. The molecule has 0 amide bonds. The highest BCUT2D eigenvalue weighted by Gasteiger charge is 1.99. The van der Waals surface area contributed by atoms with Crippen molar-refractivity contribution in [1.29, 1.82) is 10.5 Å². The predicted molar refractivity (Wildman–Crippen MR) is 55.8 cm³/mol. The van der Waals surface area contributed by atoms with E-state index < -0.39 is 0 Å². The van der Waals surface area contributed by atoms with Gasteiger partial charge in [0.15, 0.2) is 0 Å². The zero-order valence-electron chi connectivity index (χ0n) is 8.15. The molecule has 0 radical (unpaired) electrons. The molecule has 4 nitrogen and oxygen atoms in total. The van der Waals surface area contributed by atoms with Crippen LogP contribution in [0.1, 0.15) is 5.56 Å². The van der Waals surface area contributed by atoms with Crippen LogP contribution in [0.5, 0.6) is 5.75 Å². The van der Waals surface area contributed by atoms with E-state index >= 15 is 0 Å². The van der Waals surface area contributed by atoms with Crippen molar-refractivity contribution in [2.24, 2.45) is 0 Å². The fraction of sp³-hybridized carbons (Fsp3) is 0.0909. The van der Waals surface area contributed by atoms with Crippen LogP contribution in [-0.2, 0) is 0 Å². The minimum Gasteiger partial charge on any atom is -0.506 e. The van der Waals surface area contributed by atoms with Crippen molar-refractivity contribution in [2.45, 2.75) is 6.92 Å². The summed E-state index contributed by atoms with van der Waals surface area (Å²) in [5.41, 5.74) is 1.35. The minimum atomic E-state index is -0.0463. The number of benzene rings is 1. The standard InChI is InChI=1S/C11H9N3O/c1-8-2-3-10(11(15)4-8)14-7-9(5-12)6-13/h2-4,7,14-15H,1H3. The summed E-state index contributed by atoms with van der Waals surface area (Å²) in [5, 5.41) is 29.1. The third-order valence-electron chi connectivity index (χ3n) is 1.77. The van der Waals surface area contributed by atoms with Gasteiger partial charge in [-0.15, -0.1) is 0 Å². The lowest BCUT2D eigenvalue weighted by molar-refractivity contribution is 0.477. The number of anilines is 1. The first kappa shape index (κ1) is 10.6. The molecule has 0 saturated heterocycles. The molecule has 0 aliphatic carbocycles. The molecule has 0 atom stereocenters. The number of hydrogen-bond acceptors (Lipinski definition) is 4. The number of aromatic hydroxyl groups is 1. The summed E-state index contributed by atoms with van der Waals surface area (Å²) in [5.74, 6) is 0.0847. The molecule has 2 N–H and O–H groups in total. The number of allylic oxidation sites excluding steroid dienone is 1. The van der Waals surface area contributed by atoms with Gasteiger partial charge in [0, 0.05) is 6.20 Å². The molecule has 1 aromatic rings. The molecule has 0 aliphatic heterocycles. The van der Waals surface area contributed by atoms with Gasteiger partial charge in [0.1, 0.15) is 23.5 Å². The van der Waals surface area contributed by atoms with Crippen LogP contribution in [0.2, 0.25) is 0 Å². The quantitative estimate of drug-likeness (QED) is 0.564. The Morgan fingerprint density at radius 3 is 2.60 bits per heavy atom. The summed E-state index contributed by atoms with van der Waals surface area (Å²) in [6.07, 6.45) is 1.25. The maximum absolute atomic E-state index is 9.49. The Bertz CT molecular complexity index is 462. The largest absolute Gasteiger partial charge is 0.506 e. The summed E-state index contributed by atoms with van der Waals surface area (Å²) < 4.78 is 0. The average Bonchev–Trinajstić information content (AvgIpc) is 2.22. The molecule has 74 valence electrons. The Morgan fingerprint density at radius 1 is 1.40 bits per heavy atom. The van der Waals surface area contributed by atoms with E-state index in [2.05, 4.69) is 5.32 Å². The van der Waals surface area contributed by atoms with Gasteiger partial charge in [0.25, 0.3) is 0 Å². The molecule has 0 unspecified atom stereocenters. The highest BCUT2D eigenvalue weighted by molar-refractivity contribution is 5.59. The van der Waals surface area contributed by atoms with Crippen molar-refractivity contribution in [3.8, 4) is 17.9 Å². The van der Waals surface area contributed by atoms with Gasteiger partial charge in [-0.2, -0.15) is 10.5 Å². The Balaban J connectivity index is 2.89. The van der Waals surface area contributed by atoms with E-state index in [9.17, 15) is 5.11 Å². The van der Waals surface area contributed by atoms with Gasteiger partial charge in [-0.1, -0.05) is 6.07 Å². The Morgan fingerprint density at radius 2 is 2.07 bits per heavy atom. The molecule has 0 aromatic heterocycles. The second kappa shape index (κ2) is 4.69. The van der Waals surface area contributed by atoms with Gasteiger partial charge < -0.3 is 10.4 Å². The number of nitriles is 2. The van der Waals surface area contributed by atoms with E-state index in [0.29, 0.717) is 5.69 Å². The molecular weight excluding hydrogens is 190 g/mol. The third kappa shape index (κ3) is 2.75. The van der Waals surface area contributed by atoms with Gasteiger partial charge in [0.05, 0.1) is 5.69 Å². The van der Waals surface area contributed by atoms with Gasteiger partial charge in [-0.05, 0) is 24.6 Å². The molecule has 0 aliphatic rings. The normalized spacial score (nSPS) is 8.47. The van der Waals surface area contributed by atoms with E-state index in [1.54, 1.807) is 24.3 Å². The summed E-state index contributed by atoms with van der Waals surface area (Å²) in [7, 11) is 0. The Labute approximate surface area is 87.7 Å². The smallest absolute Gasteiger partial charge is 0.145 e. The first-order valence-corrected chi connectivity index (χ1v) is 4.24.